The van der Waals surface area contributed by atoms with Gasteiger partial charge in [-0.2, -0.15) is 0 Å². The summed E-state index contributed by atoms with van der Waals surface area (Å²) in [5.41, 5.74) is 4.80. The van der Waals surface area contributed by atoms with Gasteiger partial charge in [-0.3, -0.25) is 4.79 Å². The molecule has 1 atom stereocenters. The highest BCUT2D eigenvalue weighted by Gasteiger charge is 2.24. The largest absolute Gasteiger partial charge is 0.493 e. The molecule has 1 aliphatic carbocycles. The molecule has 0 bridgehead atoms. The molecule has 0 saturated heterocycles. The first kappa shape index (κ1) is 20.0. The molecule has 0 fully saturated rings. The van der Waals surface area contributed by atoms with Crippen LogP contribution in [-0.2, 0) is 24.1 Å². The summed E-state index contributed by atoms with van der Waals surface area (Å²) >= 11 is 0. The van der Waals surface area contributed by atoms with Gasteiger partial charge in [-0.05, 0) is 65.8 Å². The van der Waals surface area contributed by atoms with Gasteiger partial charge < -0.3 is 14.6 Å². The summed E-state index contributed by atoms with van der Waals surface area (Å²) in [6.07, 6.45) is 3.55. The molecule has 0 aromatic heterocycles. The molecule has 4 nitrogen and oxygen atoms in total. The van der Waals surface area contributed by atoms with Crippen LogP contribution in [-0.4, -0.2) is 17.7 Å². The van der Waals surface area contributed by atoms with Gasteiger partial charge in [0.15, 0.2) is 0 Å². The van der Waals surface area contributed by atoms with Crippen LogP contribution in [0.25, 0.3) is 0 Å². The van der Waals surface area contributed by atoms with Gasteiger partial charge in [0, 0.05) is 12.8 Å². The van der Waals surface area contributed by atoms with E-state index in [1.807, 2.05) is 36.4 Å². The fourth-order valence-electron chi connectivity index (χ4n) is 3.85. The SMILES string of the molecule is O=C(O)CCc1ccc(OC2CCc3cc(OCCc4ccccc4)ccc32)cc1. The first-order valence-electron chi connectivity index (χ1n) is 10.4. The number of hydrogen-bond acceptors (Lipinski definition) is 3. The average molecular weight is 402 g/mol. The van der Waals surface area contributed by atoms with E-state index < -0.39 is 5.97 Å². The molecule has 1 aliphatic rings. The minimum atomic E-state index is -0.777. The van der Waals surface area contributed by atoms with Gasteiger partial charge in [-0.1, -0.05) is 48.5 Å². The second kappa shape index (κ2) is 9.49. The van der Waals surface area contributed by atoms with Crippen molar-refractivity contribution in [3.05, 3.63) is 95.1 Å². The van der Waals surface area contributed by atoms with Crippen LogP contribution in [0.2, 0.25) is 0 Å². The number of hydrogen-bond donors (Lipinski definition) is 1. The van der Waals surface area contributed by atoms with Crippen molar-refractivity contribution < 1.29 is 19.4 Å². The van der Waals surface area contributed by atoms with Crippen molar-refractivity contribution in [2.24, 2.45) is 0 Å². The van der Waals surface area contributed by atoms with Crippen LogP contribution in [0.15, 0.2) is 72.8 Å². The second-order valence-corrected chi connectivity index (χ2v) is 7.63. The maximum absolute atomic E-state index is 10.7. The van der Waals surface area contributed by atoms with Crippen LogP contribution in [0.4, 0.5) is 0 Å². The zero-order chi connectivity index (χ0) is 20.8. The molecular weight excluding hydrogens is 376 g/mol. The minimum absolute atomic E-state index is 0.0447. The molecule has 0 spiro atoms. The van der Waals surface area contributed by atoms with Gasteiger partial charge in [0.05, 0.1) is 6.61 Å². The van der Waals surface area contributed by atoms with Crippen molar-refractivity contribution in [3.8, 4) is 11.5 Å². The second-order valence-electron chi connectivity index (χ2n) is 7.63. The number of aliphatic carboxylic acids is 1. The summed E-state index contributed by atoms with van der Waals surface area (Å²) in [7, 11) is 0. The molecule has 0 saturated carbocycles. The number of fused-ring (bicyclic) bond motifs is 1. The standard InChI is InChI=1S/C26H26O4/c27-26(28)15-8-20-6-10-22(11-7-20)30-25-14-9-21-18-23(12-13-24(21)25)29-17-16-19-4-2-1-3-5-19/h1-7,10-13,18,25H,8-9,14-17H2,(H,27,28). The highest BCUT2D eigenvalue weighted by Crippen LogP contribution is 2.37. The Balaban J connectivity index is 1.32. The van der Waals surface area contributed by atoms with E-state index in [0.717, 1.165) is 36.3 Å². The third-order valence-corrected chi connectivity index (χ3v) is 5.47. The third-order valence-electron chi connectivity index (χ3n) is 5.47. The lowest BCUT2D eigenvalue weighted by molar-refractivity contribution is -0.136. The van der Waals surface area contributed by atoms with E-state index in [2.05, 4.69) is 36.4 Å². The first-order chi connectivity index (χ1) is 14.7. The number of carbonyl (C=O) groups is 1. The van der Waals surface area contributed by atoms with Gasteiger partial charge in [-0.15, -0.1) is 0 Å². The van der Waals surface area contributed by atoms with E-state index in [9.17, 15) is 4.79 Å². The van der Waals surface area contributed by atoms with Crippen molar-refractivity contribution in [2.45, 2.75) is 38.2 Å². The number of benzene rings is 3. The van der Waals surface area contributed by atoms with Gasteiger partial charge in [-0.25, -0.2) is 0 Å². The Hall–Kier alpha value is -3.27. The number of carboxylic acids is 1. The van der Waals surface area contributed by atoms with Crippen molar-refractivity contribution >= 4 is 5.97 Å². The average Bonchev–Trinajstić information content (AvgIpc) is 3.16. The maximum atomic E-state index is 10.7. The zero-order valence-corrected chi connectivity index (χ0v) is 16.9. The molecule has 1 N–H and O–H groups in total. The van der Waals surface area contributed by atoms with E-state index in [4.69, 9.17) is 14.6 Å². The number of rotatable bonds is 9. The Bertz CT molecular complexity index is 980. The quantitative estimate of drug-likeness (QED) is 0.521. The molecule has 0 radical (unpaired) electrons. The van der Waals surface area contributed by atoms with Crippen LogP contribution < -0.4 is 9.47 Å². The topological polar surface area (TPSA) is 55.8 Å². The Morgan fingerprint density at radius 2 is 1.63 bits per heavy atom. The number of ether oxygens (including phenoxy) is 2. The van der Waals surface area contributed by atoms with E-state index >= 15 is 0 Å². The molecule has 0 heterocycles. The Morgan fingerprint density at radius 3 is 2.40 bits per heavy atom. The van der Waals surface area contributed by atoms with Crippen LogP contribution in [0, 0.1) is 0 Å². The maximum Gasteiger partial charge on any atom is 0.303 e. The van der Waals surface area contributed by atoms with Crippen molar-refractivity contribution in [1.82, 2.24) is 0 Å². The van der Waals surface area contributed by atoms with Gasteiger partial charge in [0.1, 0.15) is 17.6 Å². The molecule has 0 amide bonds. The van der Waals surface area contributed by atoms with Crippen LogP contribution in [0.1, 0.15) is 41.2 Å². The lowest BCUT2D eigenvalue weighted by Crippen LogP contribution is -2.04. The van der Waals surface area contributed by atoms with Crippen LogP contribution in [0.5, 0.6) is 11.5 Å². The van der Waals surface area contributed by atoms with E-state index in [0.29, 0.717) is 13.0 Å². The molecule has 30 heavy (non-hydrogen) atoms. The number of aryl methyl sites for hydroxylation is 2. The van der Waals surface area contributed by atoms with Gasteiger partial charge in [0.25, 0.3) is 0 Å². The third kappa shape index (κ3) is 5.20. The minimum Gasteiger partial charge on any atom is -0.493 e. The highest BCUT2D eigenvalue weighted by atomic mass is 16.5. The van der Waals surface area contributed by atoms with Crippen LogP contribution in [0.3, 0.4) is 0 Å². The monoisotopic (exact) mass is 402 g/mol. The molecule has 3 aromatic rings. The summed E-state index contributed by atoms with van der Waals surface area (Å²) < 4.78 is 12.2. The Morgan fingerprint density at radius 1 is 0.900 bits per heavy atom. The summed E-state index contributed by atoms with van der Waals surface area (Å²) in [6, 6.07) is 24.4. The lowest BCUT2D eigenvalue weighted by atomic mass is 10.1. The molecule has 3 aromatic carbocycles. The van der Waals surface area contributed by atoms with Crippen molar-refractivity contribution in [2.75, 3.05) is 6.61 Å². The van der Waals surface area contributed by atoms with Crippen molar-refractivity contribution in [3.63, 3.8) is 0 Å². The molecule has 4 rings (SSSR count). The lowest BCUT2D eigenvalue weighted by Gasteiger charge is -2.16. The van der Waals surface area contributed by atoms with Crippen LogP contribution >= 0.6 is 0 Å². The predicted octanol–water partition coefficient (Wildman–Crippen LogP) is 5.39. The van der Waals surface area contributed by atoms with E-state index in [1.165, 1.54) is 16.7 Å². The Kier molecular flexibility index (Phi) is 6.33. The van der Waals surface area contributed by atoms with Crippen molar-refractivity contribution in [1.29, 1.82) is 0 Å². The summed E-state index contributed by atoms with van der Waals surface area (Å²) in [5, 5.41) is 8.80. The van der Waals surface area contributed by atoms with Gasteiger partial charge >= 0.3 is 5.97 Å². The molecule has 1 unspecified atom stereocenters. The molecule has 4 heteroatoms. The predicted molar refractivity (Wildman–Crippen MR) is 116 cm³/mol. The Labute approximate surface area is 177 Å². The summed E-state index contributed by atoms with van der Waals surface area (Å²) in [4.78, 5) is 10.7. The fourth-order valence-corrected chi connectivity index (χ4v) is 3.85. The molecule has 0 aliphatic heterocycles. The van der Waals surface area contributed by atoms with Gasteiger partial charge in [0.2, 0.25) is 0 Å². The normalized spacial score (nSPS) is 14.9. The highest BCUT2D eigenvalue weighted by molar-refractivity contribution is 5.67. The summed E-state index contributed by atoms with van der Waals surface area (Å²) in [5.74, 6) is 0.949. The number of carboxylic acid groups (broad SMARTS) is 1. The van der Waals surface area contributed by atoms with E-state index in [-0.39, 0.29) is 12.5 Å². The first-order valence-corrected chi connectivity index (χ1v) is 10.4. The molecular formula is C26H26O4. The fraction of sp³-hybridized carbons (Fsp3) is 0.269. The van der Waals surface area contributed by atoms with E-state index in [1.54, 1.807) is 0 Å². The molecule has 154 valence electrons. The summed E-state index contributed by atoms with van der Waals surface area (Å²) in [6.45, 7) is 0.664. The smallest absolute Gasteiger partial charge is 0.303 e. The zero-order valence-electron chi connectivity index (χ0n) is 16.9.